The number of urea groups is 1. The predicted molar refractivity (Wildman–Crippen MR) is 111 cm³/mol. The van der Waals surface area contributed by atoms with Gasteiger partial charge in [0, 0.05) is 37.6 Å². The third-order valence-electron chi connectivity index (χ3n) is 6.34. The minimum atomic E-state index is -0.777. The molecular weight excluding hydrogens is 370 g/mol. The maximum Gasteiger partial charge on any atom is 0.325 e. The lowest BCUT2D eigenvalue weighted by Gasteiger charge is -2.35. The normalized spacial score (nSPS) is 21.7. The van der Waals surface area contributed by atoms with Gasteiger partial charge in [-0.15, -0.1) is 0 Å². The lowest BCUT2D eigenvalue weighted by Crippen LogP contribution is -2.46. The number of hydrogen-bond acceptors (Lipinski definition) is 5. The van der Waals surface area contributed by atoms with Gasteiger partial charge in [0.1, 0.15) is 12.1 Å². The molecule has 1 spiro atoms. The molecule has 4 rings (SSSR count). The number of amides is 4. The molecule has 0 atom stereocenters. The fourth-order valence-electron chi connectivity index (χ4n) is 4.56. The Morgan fingerprint density at radius 1 is 1.07 bits per heavy atom. The van der Waals surface area contributed by atoms with Gasteiger partial charge < -0.3 is 20.4 Å². The molecule has 2 saturated heterocycles. The molecule has 1 aromatic rings. The molecule has 29 heavy (non-hydrogen) atoms. The molecule has 3 fully saturated rings. The molecule has 0 aromatic heterocycles. The number of carbonyl (C=O) groups excluding carboxylic acids is 3. The molecular formula is C21H29N5O3. The number of hydrogen-bond donors (Lipinski definition) is 2. The highest BCUT2D eigenvalue weighted by molar-refractivity contribution is 6.10. The van der Waals surface area contributed by atoms with Crippen molar-refractivity contribution in [1.82, 2.24) is 15.1 Å². The van der Waals surface area contributed by atoms with Gasteiger partial charge in [0.25, 0.3) is 5.91 Å². The van der Waals surface area contributed by atoms with Crippen LogP contribution in [0.4, 0.5) is 16.2 Å². The first-order chi connectivity index (χ1) is 14.0. The van der Waals surface area contributed by atoms with Crippen LogP contribution in [0.15, 0.2) is 24.3 Å². The van der Waals surface area contributed by atoms with Crippen LogP contribution in [0.1, 0.15) is 32.6 Å². The van der Waals surface area contributed by atoms with E-state index in [9.17, 15) is 14.4 Å². The second kappa shape index (κ2) is 8.02. The number of benzene rings is 1. The summed E-state index contributed by atoms with van der Waals surface area (Å²) in [6.45, 7) is 7.11. The Labute approximate surface area is 171 Å². The monoisotopic (exact) mass is 399 g/mol. The van der Waals surface area contributed by atoms with Crippen molar-refractivity contribution in [2.75, 3.05) is 49.5 Å². The van der Waals surface area contributed by atoms with Crippen LogP contribution in [-0.4, -0.2) is 72.5 Å². The van der Waals surface area contributed by atoms with Gasteiger partial charge in [0.05, 0.1) is 0 Å². The van der Waals surface area contributed by atoms with Crippen molar-refractivity contribution in [2.45, 2.75) is 38.1 Å². The lowest BCUT2D eigenvalue weighted by atomic mass is 9.98. The van der Waals surface area contributed by atoms with Crippen LogP contribution >= 0.6 is 0 Å². The molecule has 4 amide bonds. The number of piperazine rings is 1. The summed E-state index contributed by atoms with van der Waals surface area (Å²) in [7, 11) is 0. The fraction of sp³-hybridized carbons (Fsp3) is 0.571. The number of nitrogens with one attached hydrogen (secondary N) is 2. The standard InChI is InChI=1S/C21H29N5O3/c1-2-24-11-13-25(14-12-24)17-7-5-16(6-8-17)22-18(27)15-26-19(28)21(23-20(26)29)9-3-4-10-21/h5-8H,2-4,9-15H2,1H3,(H,22,27)(H,23,29). The van der Waals surface area contributed by atoms with E-state index in [4.69, 9.17) is 0 Å². The second-order valence-corrected chi connectivity index (χ2v) is 8.13. The van der Waals surface area contributed by atoms with Crippen LogP contribution in [0.25, 0.3) is 0 Å². The summed E-state index contributed by atoms with van der Waals surface area (Å²) in [6, 6.07) is 7.26. The summed E-state index contributed by atoms with van der Waals surface area (Å²) in [5.41, 5.74) is 1.02. The number of imide groups is 1. The SMILES string of the molecule is CCN1CCN(c2ccc(NC(=O)CN3C(=O)NC4(CCCC4)C3=O)cc2)CC1. The maximum atomic E-state index is 12.6. The van der Waals surface area contributed by atoms with Crippen molar-refractivity contribution in [3.8, 4) is 0 Å². The highest BCUT2D eigenvalue weighted by Crippen LogP contribution is 2.34. The molecule has 2 N–H and O–H groups in total. The van der Waals surface area contributed by atoms with E-state index in [0.717, 1.165) is 56.2 Å². The van der Waals surface area contributed by atoms with Crippen LogP contribution in [0.2, 0.25) is 0 Å². The van der Waals surface area contributed by atoms with E-state index in [0.29, 0.717) is 18.5 Å². The topological polar surface area (TPSA) is 85.0 Å². The Morgan fingerprint density at radius 2 is 1.72 bits per heavy atom. The Hall–Kier alpha value is -2.61. The number of carbonyl (C=O) groups is 3. The molecule has 8 heteroatoms. The highest BCUT2D eigenvalue weighted by Gasteiger charge is 2.52. The van der Waals surface area contributed by atoms with E-state index in [1.165, 1.54) is 0 Å². The largest absolute Gasteiger partial charge is 0.369 e. The molecule has 2 heterocycles. The molecule has 1 saturated carbocycles. The van der Waals surface area contributed by atoms with Gasteiger partial charge in [-0.25, -0.2) is 4.79 Å². The van der Waals surface area contributed by atoms with Crippen LogP contribution in [0.3, 0.4) is 0 Å². The first kappa shape index (κ1) is 19.7. The number of anilines is 2. The molecule has 3 aliphatic rings. The molecule has 1 aliphatic carbocycles. The zero-order valence-corrected chi connectivity index (χ0v) is 16.9. The van der Waals surface area contributed by atoms with Gasteiger partial charge in [-0.3, -0.25) is 14.5 Å². The van der Waals surface area contributed by atoms with Crippen molar-refractivity contribution < 1.29 is 14.4 Å². The van der Waals surface area contributed by atoms with E-state index in [1.54, 1.807) is 0 Å². The average Bonchev–Trinajstić information content (AvgIpc) is 3.29. The second-order valence-electron chi connectivity index (χ2n) is 8.13. The first-order valence-electron chi connectivity index (χ1n) is 10.5. The van der Waals surface area contributed by atoms with Crippen molar-refractivity contribution in [3.63, 3.8) is 0 Å². The molecule has 1 aromatic carbocycles. The van der Waals surface area contributed by atoms with Crippen molar-refractivity contribution in [2.24, 2.45) is 0 Å². The van der Waals surface area contributed by atoms with Gasteiger partial charge in [-0.05, 0) is 43.7 Å². The van der Waals surface area contributed by atoms with E-state index in [2.05, 4.69) is 27.4 Å². The van der Waals surface area contributed by atoms with Crippen molar-refractivity contribution >= 4 is 29.2 Å². The molecule has 0 radical (unpaired) electrons. The van der Waals surface area contributed by atoms with Gasteiger partial charge >= 0.3 is 6.03 Å². The quantitative estimate of drug-likeness (QED) is 0.735. The molecule has 8 nitrogen and oxygen atoms in total. The first-order valence-corrected chi connectivity index (χ1v) is 10.5. The predicted octanol–water partition coefficient (Wildman–Crippen LogP) is 1.63. The highest BCUT2D eigenvalue weighted by atomic mass is 16.2. The van der Waals surface area contributed by atoms with E-state index in [-0.39, 0.29) is 18.4 Å². The summed E-state index contributed by atoms with van der Waals surface area (Å²) >= 11 is 0. The van der Waals surface area contributed by atoms with Gasteiger partial charge in [-0.2, -0.15) is 0 Å². The molecule has 2 aliphatic heterocycles. The Balaban J connectivity index is 1.32. The van der Waals surface area contributed by atoms with E-state index in [1.807, 2.05) is 24.3 Å². The van der Waals surface area contributed by atoms with Crippen LogP contribution in [0.5, 0.6) is 0 Å². The summed E-state index contributed by atoms with van der Waals surface area (Å²) in [4.78, 5) is 43.1. The minimum Gasteiger partial charge on any atom is -0.369 e. The van der Waals surface area contributed by atoms with Crippen molar-refractivity contribution in [1.29, 1.82) is 0 Å². The number of nitrogens with zero attached hydrogens (tertiary/aromatic N) is 3. The van der Waals surface area contributed by atoms with Gasteiger partial charge in [0.15, 0.2) is 0 Å². The van der Waals surface area contributed by atoms with E-state index < -0.39 is 11.6 Å². The molecule has 156 valence electrons. The number of rotatable bonds is 5. The Bertz CT molecular complexity index is 780. The van der Waals surface area contributed by atoms with Crippen LogP contribution in [0, 0.1) is 0 Å². The smallest absolute Gasteiger partial charge is 0.325 e. The van der Waals surface area contributed by atoms with Crippen LogP contribution < -0.4 is 15.5 Å². The summed E-state index contributed by atoms with van der Waals surface area (Å²) in [5, 5.41) is 5.59. The van der Waals surface area contributed by atoms with E-state index >= 15 is 0 Å². The van der Waals surface area contributed by atoms with Gasteiger partial charge in [0.2, 0.25) is 5.91 Å². The average molecular weight is 399 g/mol. The summed E-state index contributed by atoms with van der Waals surface area (Å²) in [6.07, 6.45) is 3.16. The minimum absolute atomic E-state index is 0.257. The van der Waals surface area contributed by atoms with Crippen molar-refractivity contribution in [3.05, 3.63) is 24.3 Å². The third kappa shape index (κ3) is 3.94. The lowest BCUT2D eigenvalue weighted by molar-refractivity contribution is -0.133. The van der Waals surface area contributed by atoms with Crippen LogP contribution in [-0.2, 0) is 9.59 Å². The fourth-order valence-corrected chi connectivity index (χ4v) is 4.56. The Kier molecular flexibility index (Phi) is 5.45. The molecule has 0 unspecified atom stereocenters. The van der Waals surface area contributed by atoms with Gasteiger partial charge in [-0.1, -0.05) is 19.8 Å². The zero-order chi connectivity index (χ0) is 20.4. The molecule has 0 bridgehead atoms. The zero-order valence-electron chi connectivity index (χ0n) is 16.9. The third-order valence-corrected chi connectivity index (χ3v) is 6.34. The maximum absolute atomic E-state index is 12.6. The number of likely N-dealkylation sites (N-methyl/N-ethyl adjacent to an activating group) is 1. The summed E-state index contributed by atoms with van der Waals surface area (Å²) in [5.74, 6) is -0.635. The summed E-state index contributed by atoms with van der Waals surface area (Å²) < 4.78 is 0. The Morgan fingerprint density at radius 3 is 2.34 bits per heavy atom.